The van der Waals surface area contributed by atoms with Crippen molar-refractivity contribution in [1.29, 1.82) is 5.26 Å². The highest BCUT2D eigenvalue weighted by atomic mass is 32.2. The molecule has 0 radical (unpaired) electrons. The van der Waals surface area contributed by atoms with E-state index in [2.05, 4.69) is 25.2 Å². The van der Waals surface area contributed by atoms with Gasteiger partial charge >= 0.3 is 0 Å². The molecule has 0 spiro atoms. The minimum Gasteiger partial charge on any atom is -0.298 e. The van der Waals surface area contributed by atoms with Crippen molar-refractivity contribution < 1.29 is 0 Å². The second-order valence-corrected chi connectivity index (χ2v) is 5.23. The average molecular weight is 198 g/mol. The third-order valence-electron chi connectivity index (χ3n) is 2.30. The maximum Gasteiger partial charge on any atom is 0.115 e. The van der Waals surface area contributed by atoms with Crippen LogP contribution in [0.3, 0.4) is 0 Å². The van der Waals surface area contributed by atoms with Crippen LogP contribution >= 0.6 is 11.8 Å². The van der Waals surface area contributed by atoms with Crippen molar-refractivity contribution in [2.75, 3.05) is 18.1 Å². The van der Waals surface area contributed by atoms with Crippen molar-refractivity contribution in [3.05, 3.63) is 0 Å². The quantitative estimate of drug-likeness (QED) is 0.753. The van der Waals surface area contributed by atoms with Gasteiger partial charge in [0.2, 0.25) is 0 Å². The highest BCUT2D eigenvalue weighted by molar-refractivity contribution is 7.99. The van der Waals surface area contributed by atoms with Crippen LogP contribution in [0.4, 0.5) is 0 Å². The predicted molar refractivity (Wildman–Crippen MR) is 57.7 cm³/mol. The summed E-state index contributed by atoms with van der Waals surface area (Å²) in [5.41, 5.74) is -0.229. The third-order valence-corrected chi connectivity index (χ3v) is 3.58. The first-order chi connectivity index (χ1) is 6.18. The van der Waals surface area contributed by atoms with Crippen molar-refractivity contribution in [3.8, 4) is 6.07 Å². The Morgan fingerprint density at radius 2 is 2.38 bits per heavy atom. The summed E-state index contributed by atoms with van der Waals surface area (Å²) in [7, 11) is 0. The first-order valence-corrected chi connectivity index (χ1v) is 6.08. The summed E-state index contributed by atoms with van der Waals surface area (Å²) in [6.45, 7) is 5.30. The molecule has 0 bridgehead atoms. The number of nitriles is 1. The van der Waals surface area contributed by atoms with E-state index in [1.165, 1.54) is 12.2 Å². The molecule has 1 fully saturated rings. The molecule has 1 unspecified atom stereocenters. The zero-order chi connectivity index (χ0) is 9.73. The Morgan fingerprint density at radius 3 is 2.85 bits per heavy atom. The van der Waals surface area contributed by atoms with E-state index in [1.807, 2.05) is 11.8 Å². The summed E-state index contributed by atoms with van der Waals surface area (Å²) >= 11 is 1.89. The molecule has 13 heavy (non-hydrogen) atoms. The van der Waals surface area contributed by atoms with Gasteiger partial charge in [0.1, 0.15) is 5.54 Å². The number of nitrogens with zero attached hydrogens (tertiary/aromatic N) is 1. The molecule has 1 rings (SSSR count). The zero-order valence-electron chi connectivity index (χ0n) is 8.47. The number of thioether (sulfide) groups is 1. The first kappa shape index (κ1) is 10.9. The lowest BCUT2D eigenvalue weighted by Gasteiger charge is -2.31. The minimum absolute atomic E-state index is 0.229. The van der Waals surface area contributed by atoms with Gasteiger partial charge in [-0.2, -0.15) is 17.0 Å². The number of rotatable bonds is 3. The maximum atomic E-state index is 9.13. The Morgan fingerprint density at radius 1 is 1.62 bits per heavy atom. The van der Waals surface area contributed by atoms with E-state index in [-0.39, 0.29) is 5.54 Å². The summed E-state index contributed by atoms with van der Waals surface area (Å²) < 4.78 is 0. The Kier molecular flexibility index (Phi) is 4.08. The van der Waals surface area contributed by atoms with Gasteiger partial charge in [-0.05, 0) is 31.1 Å². The predicted octanol–water partition coefficient (Wildman–Crippen LogP) is 2.02. The van der Waals surface area contributed by atoms with Gasteiger partial charge in [0, 0.05) is 5.75 Å². The van der Waals surface area contributed by atoms with Gasteiger partial charge in [-0.3, -0.25) is 5.32 Å². The molecule has 1 saturated heterocycles. The Labute approximate surface area is 85.1 Å². The molecule has 0 amide bonds. The fourth-order valence-electron chi connectivity index (χ4n) is 1.46. The van der Waals surface area contributed by atoms with E-state index in [9.17, 15) is 0 Å². The van der Waals surface area contributed by atoms with Crippen LogP contribution in [-0.4, -0.2) is 23.6 Å². The molecule has 1 aliphatic heterocycles. The number of hydrogen-bond donors (Lipinski definition) is 1. The second-order valence-electron chi connectivity index (χ2n) is 4.12. The fourth-order valence-corrected chi connectivity index (χ4v) is 2.61. The monoisotopic (exact) mass is 198 g/mol. The largest absolute Gasteiger partial charge is 0.298 e. The van der Waals surface area contributed by atoms with Crippen LogP contribution in [0.1, 0.15) is 26.7 Å². The van der Waals surface area contributed by atoms with E-state index < -0.39 is 0 Å². The van der Waals surface area contributed by atoms with E-state index in [0.717, 1.165) is 18.7 Å². The van der Waals surface area contributed by atoms with Crippen LogP contribution in [0.25, 0.3) is 0 Å². The normalized spacial score (nSPS) is 28.8. The molecule has 1 aliphatic rings. The van der Waals surface area contributed by atoms with Crippen LogP contribution in [-0.2, 0) is 0 Å². The molecule has 74 valence electrons. The molecule has 0 aromatic rings. The molecule has 0 aromatic carbocycles. The fraction of sp³-hybridized carbons (Fsp3) is 0.900. The van der Waals surface area contributed by atoms with Crippen LogP contribution in [0.15, 0.2) is 0 Å². The molecule has 0 aromatic heterocycles. The Balaban J connectivity index is 2.44. The number of nitrogens with one attached hydrogen (secondary N) is 1. The number of hydrogen-bond acceptors (Lipinski definition) is 3. The van der Waals surface area contributed by atoms with Gasteiger partial charge in [0.05, 0.1) is 6.07 Å². The van der Waals surface area contributed by atoms with Gasteiger partial charge < -0.3 is 0 Å². The van der Waals surface area contributed by atoms with Crippen molar-refractivity contribution in [1.82, 2.24) is 5.32 Å². The van der Waals surface area contributed by atoms with Crippen LogP contribution in [0, 0.1) is 17.2 Å². The first-order valence-electron chi connectivity index (χ1n) is 4.92. The third kappa shape index (κ3) is 3.21. The summed E-state index contributed by atoms with van der Waals surface area (Å²) in [6.07, 6.45) is 2.19. The van der Waals surface area contributed by atoms with Crippen LogP contribution in [0.5, 0.6) is 0 Å². The molecule has 0 saturated carbocycles. The molecule has 2 nitrogen and oxygen atoms in total. The standard InChI is InChI=1S/C10H18N2S/c1-9(2)6-12-10(7-11)4-3-5-13-8-10/h9,12H,3-6,8H2,1-2H3. The van der Waals surface area contributed by atoms with Crippen LogP contribution in [0.2, 0.25) is 0 Å². The van der Waals surface area contributed by atoms with Crippen molar-refractivity contribution in [2.45, 2.75) is 32.2 Å². The van der Waals surface area contributed by atoms with Gasteiger partial charge in [-0.25, -0.2) is 0 Å². The highest BCUT2D eigenvalue weighted by Gasteiger charge is 2.31. The minimum atomic E-state index is -0.229. The molecule has 3 heteroatoms. The van der Waals surface area contributed by atoms with Crippen LogP contribution < -0.4 is 5.32 Å². The van der Waals surface area contributed by atoms with Gasteiger partial charge in [-0.15, -0.1) is 0 Å². The topological polar surface area (TPSA) is 35.8 Å². The molecular formula is C10H18N2S. The second kappa shape index (κ2) is 4.88. The highest BCUT2D eigenvalue weighted by Crippen LogP contribution is 2.26. The summed E-state index contributed by atoms with van der Waals surface area (Å²) in [4.78, 5) is 0. The van der Waals surface area contributed by atoms with E-state index >= 15 is 0 Å². The Hall–Kier alpha value is -0.200. The average Bonchev–Trinajstić information content (AvgIpc) is 2.16. The van der Waals surface area contributed by atoms with Crippen molar-refractivity contribution in [2.24, 2.45) is 5.92 Å². The molecular weight excluding hydrogens is 180 g/mol. The van der Waals surface area contributed by atoms with Crippen molar-refractivity contribution >= 4 is 11.8 Å². The summed E-state index contributed by atoms with van der Waals surface area (Å²) in [5, 5.41) is 12.5. The summed E-state index contributed by atoms with van der Waals surface area (Å²) in [5.74, 6) is 2.79. The van der Waals surface area contributed by atoms with Crippen molar-refractivity contribution in [3.63, 3.8) is 0 Å². The Bertz CT molecular complexity index is 190. The molecule has 1 N–H and O–H groups in total. The maximum absolute atomic E-state index is 9.13. The molecule has 1 atom stereocenters. The van der Waals surface area contributed by atoms with E-state index in [0.29, 0.717) is 5.92 Å². The smallest absolute Gasteiger partial charge is 0.115 e. The van der Waals surface area contributed by atoms with Gasteiger partial charge in [-0.1, -0.05) is 13.8 Å². The lowest BCUT2D eigenvalue weighted by molar-refractivity contribution is 0.387. The zero-order valence-corrected chi connectivity index (χ0v) is 9.28. The van der Waals surface area contributed by atoms with E-state index in [1.54, 1.807) is 0 Å². The lowest BCUT2D eigenvalue weighted by Crippen LogP contribution is -2.49. The molecule has 0 aliphatic carbocycles. The van der Waals surface area contributed by atoms with Gasteiger partial charge in [0.15, 0.2) is 0 Å². The van der Waals surface area contributed by atoms with Gasteiger partial charge in [0.25, 0.3) is 0 Å². The molecule has 1 heterocycles. The SMILES string of the molecule is CC(C)CNC1(C#N)CCCSC1. The van der Waals surface area contributed by atoms with E-state index in [4.69, 9.17) is 5.26 Å². The lowest BCUT2D eigenvalue weighted by atomic mass is 9.96. The summed E-state index contributed by atoms with van der Waals surface area (Å²) in [6, 6.07) is 2.44.